The second-order valence-electron chi connectivity index (χ2n) is 5.26. The van der Waals surface area contributed by atoms with Crippen molar-refractivity contribution in [1.29, 1.82) is 0 Å². The van der Waals surface area contributed by atoms with E-state index in [-0.39, 0.29) is 11.7 Å². The van der Waals surface area contributed by atoms with Gasteiger partial charge in [-0.2, -0.15) is 0 Å². The number of benzene rings is 2. The van der Waals surface area contributed by atoms with Crippen molar-refractivity contribution in [2.75, 3.05) is 6.61 Å². The van der Waals surface area contributed by atoms with Crippen LogP contribution in [0.1, 0.15) is 25.8 Å². The van der Waals surface area contributed by atoms with Gasteiger partial charge in [-0.3, -0.25) is 4.79 Å². The van der Waals surface area contributed by atoms with Gasteiger partial charge in [-0.05, 0) is 55.3 Å². The molecule has 1 N–H and O–H groups in total. The smallest absolute Gasteiger partial charge is 0.261 e. The first-order valence-electron chi connectivity index (χ1n) is 8.04. The third-order valence-electron chi connectivity index (χ3n) is 3.46. The van der Waals surface area contributed by atoms with Gasteiger partial charge in [-0.15, -0.1) is 0 Å². The average molecular weight is 331 g/mol. The van der Waals surface area contributed by atoms with E-state index in [1.54, 1.807) is 0 Å². The van der Waals surface area contributed by atoms with Crippen LogP contribution in [0.4, 0.5) is 4.39 Å². The Morgan fingerprint density at radius 3 is 2.25 bits per heavy atom. The SMILES string of the molecule is CCOc1ccc(CNC(=O)C(CC)Oc2ccc(F)cc2)cc1. The fourth-order valence-electron chi connectivity index (χ4n) is 2.17. The predicted molar refractivity (Wildman–Crippen MR) is 90.6 cm³/mol. The fraction of sp³-hybridized carbons (Fsp3) is 0.316. The predicted octanol–water partition coefficient (Wildman–Crippen LogP) is 3.70. The number of ether oxygens (including phenoxy) is 2. The maximum absolute atomic E-state index is 12.9. The molecule has 128 valence electrons. The molecular formula is C19H22FNO3. The monoisotopic (exact) mass is 331 g/mol. The van der Waals surface area contributed by atoms with Crippen molar-refractivity contribution in [3.63, 3.8) is 0 Å². The van der Waals surface area contributed by atoms with E-state index >= 15 is 0 Å². The molecule has 0 fully saturated rings. The van der Waals surface area contributed by atoms with E-state index in [0.29, 0.717) is 25.3 Å². The summed E-state index contributed by atoms with van der Waals surface area (Å²) >= 11 is 0. The summed E-state index contributed by atoms with van der Waals surface area (Å²) in [6.07, 6.45) is -0.0925. The molecule has 2 aromatic rings. The topological polar surface area (TPSA) is 47.6 Å². The van der Waals surface area contributed by atoms with E-state index in [2.05, 4.69) is 5.32 Å². The van der Waals surface area contributed by atoms with Crippen molar-refractivity contribution in [2.45, 2.75) is 32.9 Å². The van der Waals surface area contributed by atoms with E-state index < -0.39 is 6.10 Å². The number of amides is 1. The lowest BCUT2D eigenvalue weighted by Crippen LogP contribution is -2.37. The van der Waals surface area contributed by atoms with Gasteiger partial charge in [0.1, 0.15) is 17.3 Å². The molecule has 1 atom stereocenters. The molecule has 0 aliphatic rings. The summed E-state index contributed by atoms with van der Waals surface area (Å²) < 4.78 is 23.9. The highest BCUT2D eigenvalue weighted by Crippen LogP contribution is 2.15. The van der Waals surface area contributed by atoms with Crippen LogP contribution >= 0.6 is 0 Å². The van der Waals surface area contributed by atoms with Crippen molar-refractivity contribution in [2.24, 2.45) is 0 Å². The second kappa shape index (κ2) is 8.91. The number of carbonyl (C=O) groups excluding carboxylic acids is 1. The Morgan fingerprint density at radius 1 is 1.04 bits per heavy atom. The molecule has 0 spiro atoms. The zero-order valence-corrected chi connectivity index (χ0v) is 13.9. The molecule has 0 heterocycles. The zero-order valence-electron chi connectivity index (χ0n) is 13.9. The van der Waals surface area contributed by atoms with Gasteiger partial charge in [0.15, 0.2) is 6.10 Å². The Labute approximate surface area is 141 Å². The number of rotatable bonds is 8. The second-order valence-corrected chi connectivity index (χ2v) is 5.26. The van der Waals surface area contributed by atoms with Gasteiger partial charge < -0.3 is 14.8 Å². The quantitative estimate of drug-likeness (QED) is 0.802. The molecule has 0 radical (unpaired) electrons. The van der Waals surface area contributed by atoms with Crippen molar-refractivity contribution in [1.82, 2.24) is 5.32 Å². The van der Waals surface area contributed by atoms with Crippen LogP contribution in [-0.4, -0.2) is 18.6 Å². The summed E-state index contributed by atoms with van der Waals surface area (Å²) in [6, 6.07) is 13.2. The first kappa shape index (κ1) is 17.8. The lowest BCUT2D eigenvalue weighted by molar-refractivity contribution is -0.128. The summed E-state index contributed by atoms with van der Waals surface area (Å²) in [5.41, 5.74) is 0.975. The molecule has 4 nitrogen and oxygen atoms in total. The summed E-state index contributed by atoms with van der Waals surface area (Å²) in [4.78, 5) is 12.3. The van der Waals surface area contributed by atoms with Gasteiger partial charge >= 0.3 is 0 Å². The van der Waals surface area contributed by atoms with Crippen LogP contribution in [0, 0.1) is 5.82 Å². The van der Waals surface area contributed by atoms with E-state index in [0.717, 1.165) is 11.3 Å². The highest BCUT2D eigenvalue weighted by Gasteiger charge is 2.18. The minimum absolute atomic E-state index is 0.198. The summed E-state index contributed by atoms with van der Waals surface area (Å²) in [5.74, 6) is 0.740. The van der Waals surface area contributed by atoms with Gasteiger partial charge in [-0.25, -0.2) is 4.39 Å². The van der Waals surface area contributed by atoms with Crippen LogP contribution in [0.3, 0.4) is 0 Å². The lowest BCUT2D eigenvalue weighted by Gasteiger charge is -2.17. The molecule has 24 heavy (non-hydrogen) atoms. The normalized spacial score (nSPS) is 11.6. The third kappa shape index (κ3) is 5.26. The van der Waals surface area contributed by atoms with E-state index in [4.69, 9.17) is 9.47 Å². The molecule has 1 unspecified atom stereocenters. The molecule has 0 aromatic heterocycles. The summed E-state index contributed by atoms with van der Waals surface area (Å²) in [6.45, 7) is 4.83. The van der Waals surface area contributed by atoms with Crippen molar-refractivity contribution in [3.05, 3.63) is 59.9 Å². The maximum Gasteiger partial charge on any atom is 0.261 e. The summed E-state index contributed by atoms with van der Waals surface area (Å²) in [7, 11) is 0. The standard InChI is InChI=1S/C19H22FNO3/c1-3-18(24-17-11-7-15(20)8-12-17)19(22)21-13-14-5-9-16(10-6-14)23-4-2/h5-12,18H,3-4,13H2,1-2H3,(H,21,22). The van der Waals surface area contributed by atoms with Crippen molar-refractivity contribution in [3.8, 4) is 11.5 Å². The molecule has 2 rings (SSSR count). The van der Waals surface area contributed by atoms with Crippen molar-refractivity contribution < 1.29 is 18.7 Å². The van der Waals surface area contributed by atoms with Crippen LogP contribution < -0.4 is 14.8 Å². The first-order chi connectivity index (χ1) is 11.6. The highest BCUT2D eigenvalue weighted by molar-refractivity contribution is 5.81. The van der Waals surface area contributed by atoms with Gasteiger partial charge in [0.05, 0.1) is 6.61 Å². The molecule has 5 heteroatoms. The molecular weight excluding hydrogens is 309 g/mol. The third-order valence-corrected chi connectivity index (χ3v) is 3.46. The Kier molecular flexibility index (Phi) is 6.61. The number of halogens is 1. The van der Waals surface area contributed by atoms with E-state index in [9.17, 15) is 9.18 Å². The van der Waals surface area contributed by atoms with Gasteiger partial charge in [0.2, 0.25) is 0 Å². The average Bonchev–Trinajstić information content (AvgIpc) is 2.60. The molecule has 0 aliphatic carbocycles. The Morgan fingerprint density at radius 2 is 1.67 bits per heavy atom. The van der Waals surface area contributed by atoms with Crippen LogP contribution in [0.25, 0.3) is 0 Å². The van der Waals surface area contributed by atoms with Crippen molar-refractivity contribution >= 4 is 5.91 Å². The minimum atomic E-state index is -0.613. The van der Waals surface area contributed by atoms with Gasteiger partial charge in [0, 0.05) is 6.54 Å². The maximum atomic E-state index is 12.9. The molecule has 0 saturated carbocycles. The minimum Gasteiger partial charge on any atom is -0.494 e. The molecule has 0 saturated heterocycles. The van der Waals surface area contributed by atoms with Crippen LogP contribution in [0.2, 0.25) is 0 Å². The fourth-order valence-corrected chi connectivity index (χ4v) is 2.17. The number of nitrogens with one attached hydrogen (secondary N) is 1. The lowest BCUT2D eigenvalue weighted by atomic mass is 10.2. The van der Waals surface area contributed by atoms with E-state index in [1.165, 1.54) is 24.3 Å². The first-order valence-corrected chi connectivity index (χ1v) is 8.04. The van der Waals surface area contributed by atoms with Gasteiger partial charge in [0.25, 0.3) is 5.91 Å². The van der Waals surface area contributed by atoms with Crippen LogP contribution in [0.5, 0.6) is 11.5 Å². The summed E-state index contributed by atoms with van der Waals surface area (Å²) in [5, 5.41) is 2.85. The Hall–Kier alpha value is -2.56. The molecule has 2 aromatic carbocycles. The highest BCUT2D eigenvalue weighted by atomic mass is 19.1. The number of carbonyl (C=O) groups is 1. The Balaban J connectivity index is 1.88. The van der Waals surface area contributed by atoms with Crippen LogP contribution in [-0.2, 0) is 11.3 Å². The number of hydrogen-bond acceptors (Lipinski definition) is 3. The Bertz CT molecular complexity index is 641. The van der Waals surface area contributed by atoms with Crippen LogP contribution in [0.15, 0.2) is 48.5 Å². The van der Waals surface area contributed by atoms with Gasteiger partial charge in [-0.1, -0.05) is 19.1 Å². The largest absolute Gasteiger partial charge is 0.494 e. The molecule has 1 amide bonds. The molecule has 0 bridgehead atoms. The zero-order chi connectivity index (χ0) is 17.4. The molecule has 0 aliphatic heterocycles. The number of hydrogen-bond donors (Lipinski definition) is 1. The van der Waals surface area contributed by atoms with E-state index in [1.807, 2.05) is 38.1 Å².